The Morgan fingerprint density at radius 3 is 2.04 bits per heavy atom. The lowest BCUT2D eigenvalue weighted by molar-refractivity contribution is 0.0698. The van der Waals surface area contributed by atoms with Gasteiger partial charge in [-0.05, 0) is 28.8 Å². The van der Waals surface area contributed by atoms with E-state index in [-0.39, 0.29) is 5.56 Å². The number of carboxylic acid groups (broad SMARTS) is 1. The summed E-state index contributed by atoms with van der Waals surface area (Å²) in [6.45, 7) is 0. The van der Waals surface area contributed by atoms with Crippen LogP contribution in [0.3, 0.4) is 0 Å². The standard InChI is InChI=1S/C21H14O3/c22-21(23)18-12-16(14-7-3-1-4-8-14)11-17-19(13-24-20(17)18)15-9-5-2-6-10-15/h1-13H,(H,22,23). The topological polar surface area (TPSA) is 50.4 Å². The maximum Gasteiger partial charge on any atom is 0.339 e. The van der Waals surface area contributed by atoms with E-state index in [9.17, 15) is 9.90 Å². The molecule has 0 atom stereocenters. The van der Waals surface area contributed by atoms with Crippen molar-refractivity contribution >= 4 is 16.9 Å². The van der Waals surface area contributed by atoms with Gasteiger partial charge < -0.3 is 9.52 Å². The molecule has 1 N–H and O–H groups in total. The molecule has 0 fully saturated rings. The van der Waals surface area contributed by atoms with E-state index in [1.54, 1.807) is 12.3 Å². The number of benzene rings is 3. The summed E-state index contributed by atoms with van der Waals surface area (Å²) in [6, 6.07) is 23.2. The second-order valence-corrected chi connectivity index (χ2v) is 5.59. The number of aromatic carboxylic acids is 1. The Morgan fingerprint density at radius 1 is 0.792 bits per heavy atom. The third-order valence-corrected chi connectivity index (χ3v) is 4.10. The molecule has 0 spiro atoms. The molecule has 116 valence electrons. The zero-order chi connectivity index (χ0) is 16.5. The van der Waals surface area contributed by atoms with E-state index in [2.05, 4.69) is 0 Å². The van der Waals surface area contributed by atoms with E-state index in [1.807, 2.05) is 66.7 Å². The summed E-state index contributed by atoms with van der Waals surface area (Å²) in [7, 11) is 0. The summed E-state index contributed by atoms with van der Waals surface area (Å²) >= 11 is 0. The van der Waals surface area contributed by atoms with Crippen LogP contribution < -0.4 is 0 Å². The summed E-state index contributed by atoms with van der Waals surface area (Å²) in [5, 5.41) is 10.4. The van der Waals surface area contributed by atoms with E-state index >= 15 is 0 Å². The van der Waals surface area contributed by atoms with Crippen molar-refractivity contribution in [1.82, 2.24) is 0 Å². The van der Waals surface area contributed by atoms with Gasteiger partial charge in [0, 0.05) is 10.9 Å². The second-order valence-electron chi connectivity index (χ2n) is 5.59. The van der Waals surface area contributed by atoms with Gasteiger partial charge in [-0.25, -0.2) is 4.79 Å². The van der Waals surface area contributed by atoms with Gasteiger partial charge in [0.25, 0.3) is 0 Å². The first-order valence-corrected chi connectivity index (χ1v) is 7.63. The minimum atomic E-state index is -0.994. The molecule has 0 aliphatic heterocycles. The molecule has 0 saturated heterocycles. The van der Waals surface area contributed by atoms with Crippen molar-refractivity contribution in [1.29, 1.82) is 0 Å². The van der Waals surface area contributed by atoms with E-state index in [1.165, 1.54) is 0 Å². The molecular formula is C21H14O3. The van der Waals surface area contributed by atoms with Gasteiger partial charge in [-0.1, -0.05) is 60.7 Å². The highest BCUT2D eigenvalue weighted by molar-refractivity contribution is 6.07. The molecule has 3 heteroatoms. The van der Waals surface area contributed by atoms with Crippen LogP contribution in [0.25, 0.3) is 33.2 Å². The number of rotatable bonds is 3. The van der Waals surface area contributed by atoms with Crippen LogP contribution in [0.15, 0.2) is 83.5 Å². The number of fused-ring (bicyclic) bond motifs is 1. The summed E-state index contributed by atoms with van der Waals surface area (Å²) in [5.41, 5.74) is 4.31. The molecule has 0 amide bonds. The Kier molecular flexibility index (Phi) is 3.39. The maximum absolute atomic E-state index is 11.7. The predicted octanol–water partition coefficient (Wildman–Crippen LogP) is 5.47. The maximum atomic E-state index is 11.7. The van der Waals surface area contributed by atoms with E-state index in [0.717, 1.165) is 27.6 Å². The summed E-state index contributed by atoms with van der Waals surface area (Å²) < 4.78 is 5.61. The summed E-state index contributed by atoms with van der Waals surface area (Å²) in [6.07, 6.45) is 1.63. The minimum Gasteiger partial charge on any atom is -0.478 e. The Bertz CT molecular complexity index is 1020. The van der Waals surface area contributed by atoms with Crippen molar-refractivity contribution in [2.75, 3.05) is 0 Å². The van der Waals surface area contributed by atoms with Crippen molar-refractivity contribution in [2.45, 2.75) is 0 Å². The lowest BCUT2D eigenvalue weighted by atomic mass is 9.97. The van der Waals surface area contributed by atoms with Gasteiger partial charge >= 0.3 is 5.97 Å². The SMILES string of the molecule is O=C(O)c1cc(-c2ccccc2)cc2c(-c3ccccc3)coc12. The van der Waals surface area contributed by atoms with Gasteiger partial charge in [0.05, 0.1) is 6.26 Å². The summed E-state index contributed by atoms with van der Waals surface area (Å²) in [5.74, 6) is -0.994. The fraction of sp³-hybridized carbons (Fsp3) is 0. The third kappa shape index (κ3) is 2.36. The highest BCUT2D eigenvalue weighted by atomic mass is 16.4. The Morgan fingerprint density at radius 2 is 1.42 bits per heavy atom. The number of hydrogen-bond donors (Lipinski definition) is 1. The number of carboxylic acids is 1. The predicted molar refractivity (Wildman–Crippen MR) is 94.0 cm³/mol. The smallest absolute Gasteiger partial charge is 0.339 e. The molecule has 4 rings (SSSR count). The van der Waals surface area contributed by atoms with E-state index in [0.29, 0.717) is 5.58 Å². The first-order valence-electron chi connectivity index (χ1n) is 7.63. The lowest BCUT2D eigenvalue weighted by Gasteiger charge is -2.06. The molecule has 1 aromatic heterocycles. The van der Waals surface area contributed by atoms with Crippen molar-refractivity contribution in [2.24, 2.45) is 0 Å². The van der Waals surface area contributed by atoms with Crippen LogP contribution in [0, 0.1) is 0 Å². The van der Waals surface area contributed by atoms with Crippen LogP contribution in [0.4, 0.5) is 0 Å². The summed E-state index contributed by atoms with van der Waals surface area (Å²) in [4.78, 5) is 11.7. The Labute approximate surface area is 138 Å². The Balaban J connectivity index is 2.02. The number of carbonyl (C=O) groups is 1. The molecule has 4 aromatic rings. The van der Waals surface area contributed by atoms with Crippen LogP contribution in [-0.4, -0.2) is 11.1 Å². The number of furan rings is 1. The third-order valence-electron chi connectivity index (χ3n) is 4.10. The van der Waals surface area contributed by atoms with Crippen molar-refractivity contribution in [3.05, 3.63) is 84.6 Å². The monoisotopic (exact) mass is 314 g/mol. The zero-order valence-corrected chi connectivity index (χ0v) is 12.8. The average molecular weight is 314 g/mol. The quantitative estimate of drug-likeness (QED) is 0.546. The zero-order valence-electron chi connectivity index (χ0n) is 12.8. The molecule has 24 heavy (non-hydrogen) atoms. The van der Waals surface area contributed by atoms with Crippen molar-refractivity contribution in [3.8, 4) is 22.3 Å². The first-order chi connectivity index (χ1) is 11.7. The average Bonchev–Trinajstić information content (AvgIpc) is 3.06. The van der Waals surface area contributed by atoms with Gasteiger partial charge in [0.1, 0.15) is 11.1 Å². The van der Waals surface area contributed by atoms with E-state index < -0.39 is 5.97 Å². The van der Waals surface area contributed by atoms with Gasteiger partial charge in [0.2, 0.25) is 0 Å². The van der Waals surface area contributed by atoms with Gasteiger partial charge in [-0.2, -0.15) is 0 Å². The molecule has 0 radical (unpaired) electrons. The first kappa shape index (κ1) is 14.3. The fourth-order valence-corrected chi connectivity index (χ4v) is 2.93. The van der Waals surface area contributed by atoms with Gasteiger partial charge in [-0.15, -0.1) is 0 Å². The molecule has 0 aliphatic carbocycles. The largest absolute Gasteiger partial charge is 0.478 e. The van der Waals surface area contributed by atoms with Crippen molar-refractivity contribution < 1.29 is 14.3 Å². The van der Waals surface area contributed by atoms with E-state index in [4.69, 9.17) is 4.42 Å². The lowest BCUT2D eigenvalue weighted by Crippen LogP contribution is -1.97. The number of hydrogen-bond acceptors (Lipinski definition) is 2. The molecule has 1 heterocycles. The molecular weight excluding hydrogens is 300 g/mol. The van der Waals surface area contributed by atoms with Crippen molar-refractivity contribution in [3.63, 3.8) is 0 Å². The fourth-order valence-electron chi connectivity index (χ4n) is 2.93. The minimum absolute atomic E-state index is 0.175. The molecule has 0 unspecified atom stereocenters. The van der Waals surface area contributed by atoms with Crippen LogP contribution in [0.2, 0.25) is 0 Å². The Hall–Kier alpha value is -3.33. The molecule has 0 aliphatic rings. The molecule has 3 aromatic carbocycles. The highest BCUT2D eigenvalue weighted by Crippen LogP contribution is 2.36. The van der Waals surface area contributed by atoms with Crippen LogP contribution in [0.1, 0.15) is 10.4 Å². The normalized spacial score (nSPS) is 10.8. The van der Waals surface area contributed by atoms with Crippen LogP contribution >= 0.6 is 0 Å². The van der Waals surface area contributed by atoms with Gasteiger partial charge in [-0.3, -0.25) is 0 Å². The van der Waals surface area contributed by atoms with Crippen LogP contribution in [-0.2, 0) is 0 Å². The highest BCUT2D eigenvalue weighted by Gasteiger charge is 2.18. The molecule has 3 nitrogen and oxygen atoms in total. The molecule has 0 bridgehead atoms. The van der Waals surface area contributed by atoms with Gasteiger partial charge in [0.15, 0.2) is 0 Å². The molecule has 0 saturated carbocycles. The second kappa shape index (κ2) is 5.70. The van der Waals surface area contributed by atoms with Crippen LogP contribution in [0.5, 0.6) is 0 Å².